The Labute approximate surface area is 212 Å². The van der Waals surface area contributed by atoms with E-state index in [1.807, 2.05) is 36.1 Å². The molecule has 0 unspecified atom stereocenters. The number of benzene rings is 2. The highest BCUT2D eigenvalue weighted by Gasteiger charge is 2.22. The molecule has 0 atom stereocenters. The third-order valence-corrected chi connectivity index (χ3v) is 7.09. The first-order valence-corrected chi connectivity index (χ1v) is 12.5. The van der Waals surface area contributed by atoms with Crippen LogP contribution in [0.5, 0.6) is 11.5 Å². The summed E-state index contributed by atoms with van der Waals surface area (Å²) in [6.45, 7) is 5.18. The van der Waals surface area contributed by atoms with E-state index in [-0.39, 0.29) is 18.1 Å². The van der Waals surface area contributed by atoms with E-state index in [9.17, 15) is 9.59 Å². The van der Waals surface area contributed by atoms with Gasteiger partial charge in [-0.15, -0.1) is 0 Å². The smallest absolute Gasteiger partial charge is 0.275 e. The van der Waals surface area contributed by atoms with Gasteiger partial charge in [0, 0.05) is 44.4 Å². The fraction of sp³-hybridized carbons (Fsp3) is 0.308. The number of carbonyl (C=O) groups is 1. The summed E-state index contributed by atoms with van der Waals surface area (Å²) in [5.41, 5.74) is 2.66. The highest BCUT2D eigenvalue weighted by Crippen LogP contribution is 2.24. The van der Waals surface area contributed by atoms with Crippen molar-refractivity contribution in [3.8, 4) is 22.1 Å². The van der Waals surface area contributed by atoms with Gasteiger partial charge in [-0.3, -0.25) is 14.5 Å². The summed E-state index contributed by atoms with van der Waals surface area (Å²) in [4.78, 5) is 34.5. The second-order valence-corrected chi connectivity index (χ2v) is 9.63. The molecule has 0 aliphatic carbocycles. The molecule has 3 heterocycles. The quantitative estimate of drug-likeness (QED) is 0.382. The molecule has 0 radical (unpaired) electrons. The van der Waals surface area contributed by atoms with E-state index >= 15 is 0 Å². The van der Waals surface area contributed by atoms with E-state index in [0.717, 1.165) is 16.3 Å². The first-order chi connectivity index (χ1) is 17.5. The Kier molecular flexibility index (Phi) is 6.97. The van der Waals surface area contributed by atoms with Gasteiger partial charge in [-0.05, 0) is 31.2 Å². The topological polar surface area (TPSA) is 89.3 Å². The molecule has 1 fully saturated rings. The van der Waals surface area contributed by atoms with E-state index in [0.29, 0.717) is 49.1 Å². The van der Waals surface area contributed by atoms with Gasteiger partial charge in [0.25, 0.3) is 11.5 Å². The molecular weight excluding hydrogens is 478 g/mol. The number of carbonyl (C=O) groups excluding carboxylic acids is 1. The zero-order valence-corrected chi connectivity index (χ0v) is 21.0. The molecule has 1 aliphatic rings. The van der Waals surface area contributed by atoms with Crippen molar-refractivity contribution in [2.75, 3.05) is 39.9 Å². The second-order valence-electron chi connectivity index (χ2n) is 8.67. The van der Waals surface area contributed by atoms with Crippen LogP contribution in [-0.2, 0) is 11.3 Å². The number of piperazine rings is 1. The van der Waals surface area contributed by atoms with Crippen molar-refractivity contribution in [2.24, 2.45) is 0 Å². The summed E-state index contributed by atoms with van der Waals surface area (Å²) in [5.74, 6) is 1.32. The van der Waals surface area contributed by atoms with Crippen molar-refractivity contribution in [3.63, 3.8) is 0 Å². The van der Waals surface area contributed by atoms with Gasteiger partial charge in [-0.1, -0.05) is 41.2 Å². The Morgan fingerprint density at radius 3 is 2.39 bits per heavy atom. The maximum atomic E-state index is 12.7. The SMILES string of the molecule is COc1ccc(OCC(=O)N2CCN(Cc3cc(=O)n4nc(-c5ccc(C)cc5)sc4n3)CC2)cc1. The second kappa shape index (κ2) is 10.5. The fourth-order valence-corrected chi connectivity index (χ4v) is 4.97. The molecule has 5 rings (SSSR count). The van der Waals surface area contributed by atoms with Crippen LogP contribution in [-0.4, -0.2) is 70.2 Å². The number of rotatable bonds is 7. The van der Waals surface area contributed by atoms with Crippen molar-refractivity contribution in [1.82, 2.24) is 24.4 Å². The van der Waals surface area contributed by atoms with Crippen molar-refractivity contribution in [1.29, 1.82) is 0 Å². The molecule has 10 heteroatoms. The van der Waals surface area contributed by atoms with Gasteiger partial charge in [0.15, 0.2) is 6.61 Å². The van der Waals surface area contributed by atoms with Crippen LogP contribution in [0.3, 0.4) is 0 Å². The standard InChI is InChI=1S/C26H27N5O4S/c1-18-3-5-19(6-4-18)25-28-31-23(32)15-20(27-26(31)36-25)16-29-11-13-30(14-12-29)24(33)17-35-22-9-7-21(34-2)8-10-22/h3-10,15H,11-14,16-17H2,1-2H3. The molecular formula is C26H27N5O4S. The van der Waals surface area contributed by atoms with Crippen LogP contribution in [0.15, 0.2) is 59.4 Å². The van der Waals surface area contributed by atoms with Crippen LogP contribution in [0.1, 0.15) is 11.3 Å². The van der Waals surface area contributed by atoms with Crippen molar-refractivity contribution >= 4 is 22.2 Å². The highest BCUT2D eigenvalue weighted by molar-refractivity contribution is 7.19. The molecule has 0 N–H and O–H groups in total. The molecule has 1 amide bonds. The van der Waals surface area contributed by atoms with Gasteiger partial charge in [-0.25, -0.2) is 4.98 Å². The van der Waals surface area contributed by atoms with Gasteiger partial charge in [0.2, 0.25) is 4.96 Å². The molecule has 4 aromatic rings. The van der Waals surface area contributed by atoms with Gasteiger partial charge in [0.1, 0.15) is 16.5 Å². The van der Waals surface area contributed by atoms with E-state index in [1.54, 1.807) is 37.4 Å². The number of amides is 1. The van der Waals surface area contributed by atoms with E-state index < -0.39 is 0 Å². The minimum absolute atomic E-state index is 0.00396. The number of nitrogens with zero attached hydrogens (tertiary/aromatic N) is 5. The maximum Gasteiger partial charge on any atom is 0.275 e. The van der Waals surface area contributed by atoms with E-state index in [2.05, 4.69) is 10.00 Å². The number of hydrogen-bond donors (Lipinski definition) is 0. The number of hydrogen-bond acceptors (Lipinski definition) is 8. The van der Waals surface area contributed by atoms with Crippen LogP contribution in [0.4, 0.5) is 0 Å². The van der Waals surface area contributed by atoms with Crippen LogP contribution in [0.2, 0.25) is 0 Å². The molecule has 36 heavy (non-hydrogen) atoms. The summed E-state index contributed by atoms with van der Waals surface area (Å²) in [7, 11) is 1.60. The molecule has 0 bridgehead atoms. The largest absolute Gasteiger partial charge is 0.497 e. The average Bonchev–Trinajstić information content (AvgIpc) is 3.33. The normalized spacial score (nSPS) is 14.2. The summed E-state index contributed by atoms with van der Waals surface area (Å²) >= 11 is 1.40. The zero-order valence-electron chi connectivity index (χ0n) is 20.2. The summed E-state index contributed by atoms with van der Waals surface area (Å²) < 4.78 is 12.1. The lowest BCUT2D eigenvalue weighted by Crippen LogP contribution is -2.49. The number of methoxy groups -OCH3 is 1. The summed E-state index contributed by atoms with van der Waals surface area (Å²) in [6, 6.07) is 16.8. The summed E-state index contributed by atoms with van der Waals surface area (Å²) in [6.07, 6.45) is 0. The first-order valence-electron chi connectivity index (χ1n) is 11.7. The third-order valence-electron chi connectivity index (χ3n) is 6.13. The van der Waals surface area contributed by atoms with Crippen LogP contribution >= 0.6 is 11.3 Å². The Morgan fingerprint density at radius 2 is 1.69 bits per heavy atom. The third kappa shape index (κ3) is 5.39. The molecule has 0 spiro atoms. The van der Waals surface area contributed by atoms with Crippen molar-refractivity contribution in [2.45, 2.75) is 13.5 Å². The monoisotopic (exact) mass is 505 g/mol. The lowest BCUT2D eigenvalue weighted by molar-refractivity contribution is -0.135. The lowest BCUT2D eigenvalue weighted by Gasteiger charge is -2.34. The van der Waals surface area contributed by atoms with Crippen LogP contribution in [0, 0.1) is 6.92 Å². The van der Waals surface area contributed by atoms with Gasteiger partial charge >= 0.3 is 0 Å². The van der Waals surface area contributed by atoms with E-state index in [1.165, 1.54) is 21.4 Å². The van der Waals surface area contributed by atoms with Crippen LogP contribution in [0.25, 0.3) is 15.5 Å². The first kappa shape index (κ1) is 24.0. The minimum Gasteiger partial charge on any atom is -0.497 e. The average molecular weight is 506 g/mol. The molecule has 186 valence electrons. The number of fused-ring (bicyclic) bond motifs is 1. The lowest BCUT2D eigenvalue weighted by atomic mass is 10.2. The molecule has 1 aliphatic heterocycles. The van der Waals surface area contributed by atoms with Crippen molar-refractivity contribution < 1.29 is 14.3 Å². The van der Waals surface area contributed by atoms with Gasteiger partial charge in [0.05, 0.1) is 12.8 Å². The Balaban J connectivity index is 1.17. The number of ether oxygens (including phenoxy) is 2. The van der Waals surface area contributed by atoms with Gasteiger partial charge in [-0.2, -0.15) is 9.61 Å². The maximum absolute atomic E-state index is 12.7. The Morgan fingerprint density at radius 1 is 1.00 bits per heavy atom. The molecule has 9 nitrogen and oxygen atoms in total. The van der Waals surface area contributed by atoms with Crippen LogP contribution < -0.4 is 15.0 Å². The molecule has 2 aromatic carbocycles. The van der Waals surface area contributed by atoms with E-state index in [4.69, 9.17) is 14.5 Å². The number of aryl methyl sites for hydroxylation is 1. The Bertz CT molecular complexity index is 1410. The van der Waals surface area contributed by atoms with Gasteiger partial charge < -0.3 is 14.4 Å². The van der Waals surface area contributed by atoms with Crippen molar-refractivity contribution in [3.05, 3.63) is 76.2 Å². The fourth-order valence-electron chi connectivity index (χ4n) is 4.04. The predicted octanol–water partition coefficient (Wildman–Crippen LogP) is 2.86. The molecule has 2 aromatic heterocycles. The predicted molar refractivity (Wildman–Crippen MR) is 138 cm³/mol. The highest BCUT2D eigenvalue weighted by atomic mass is 32.1. The Hall–Kier alpha value is -3.76. The molecule has 1 saturated heterocycles. The number of aromatic nitrogens is 3. The minimum atomic E-state index is -0.186. The molecule has 0 saturated carbocycles. The zero-order chi connectivity index (χ0) is 25.1. The summed E-state index contributed by atoms with van der Waals surface area (Å²) in [5, 5.41) is 5.23.